The van der Waals surface area contributed by atoms with Gasteiger partial charge >= 0.3 is 5.51 Å². The first kappa shape index (κ1) is 21.6. The lowest BCUT2D eigenvalue weighted by Gasteiger charge is -2.20. The number of nitrogens with one attached hydrogen (secondary N) is 1. The number of ether oxygens (including phenoxy) is 1. The van der Waals surface area contributed by atoms with Crippen molar-refractivity contribution < 1.29 is 27.5 Å². The summed E-state index contributed by atoms with van der Waals surface area (Å²) >= 11 is -0.248. The Labute approximate surface area is 164 Å². The van der Waals surface area contributed by atoms with E-state index in [1.807, 2.05) is 0 Å². The number of carbonyl (C=O) groups is 2. The molecule has 28 heavy (non-hydrogen) atoms. The van der Waals surface area contributed by atoms with E-state index < -0.39 is 11.4 Å². The summed E-state index contributed by atoms with van der Waals surface area (Å²) in [5, 5.41) is 2.68. The molecule has 0 radical (unpaired) electrons. The molecule has 0 heterocycles. The molecule has 9 heteroatoms. The maximum absolute atomic E-state index is 12.5. The van der Waals surface area contributed by atoms with Gasteiger partial charge in [0, 0.05) is 22.7 Å². The number of carbonyl (C=O) groups excluding carboxylic acids is 2. The summed E-state index contributed by atoms with van der Waals surface area (Å²) < 4.78 is 42.2. The highest BCUT2D eigenvalue weighted by atomic mass is 32.2. The second kappa shape index (κ2) is 9.50. The number of halogens is 3. The van der Waals surface area contributed by atoms with E-state index in [-0.39, 0.29) is 41.2 Å². The zero-order valence-electron chi connectivity index (χ0n) is 15.2. The summed E-state index contributed by atoms with van der Waals surface area (Å²) in [5.74, 6) is -0.170. The number of hydrogen-bond acceptors (Lipinski definition) is 4. The molecule has 0 saturated heterocycles. The molecule has 0 spiro atoms. The van der Waals surface area contributed by atoms with Gasteiger partial charge in [0.15, 0.2) is 0 Å². The van der Waals surface area contributed by atoms with Gasteiger partial charge in [-0.25, -0.2) is 0 Å². The highest BCUT2D eigenvalue weighted by Gasteiger charge is 2.29. The molecule has 2 aromatic rings. The number of thioether (sulfide) groups is 1. The fourth-order valence-corrected chi connectivity index (χ4v) is 2.90. The van der Waals surface area contributed by atoms with Crippen molar-refractivity contribution in [1.82, 2.24) is 4.90 Å². The predicted octanol–water partition coefficient (Wildman–Crippen LogP) is 4.41. The molecule has 2 aromatic carbocycles. The van der Waals surface area contributed by atoms with Crippen molar-refractivity contribution in [2.75, 3.05) is 25.5 Å². The molecule has 0 aliphatic carbocycles. The van der Waals surface area contributed by atoms with Crippen LogP contribution in [0.2, 0.25) is 0 Å². The summed E-state index contributed by atoms with van der Waals surface area (Å²) in [4.78, 5) is 26.1. The summed E-state index contributed by atoms with van der Waals surface area (Å²) in [6.07, 6.45) is 0. The van der Waals surface area contributed by atoms with Crippen LogP contribution in [0.15, 0.2) is 53.4 Å². The van der Waals surface area contributed by atoms with Crippen LogP contribution < -0.4 is 10.1 Å². The molecule has 0 bridgehead atoms. The van der Waals surface area contributed by atoms with Gasteiger partial charge in [-0.3, -0.25) is 9.59 Å². The minimum Gasteiger partial charge on any atom is -0.497 e. The van der Waals surface area contributed by atoms with Crippen LogP contribution >= 0.6 is 11.8 Å². The molecule has 0 aliphatic heterocycles. The monoisotopic (exact) mass is 412 g/mol. The third-order valence-corrected chi connectivity index (χ3v) is 4.45. The highest BCUT2D eigenvalue weighted by molar-refractivity contribution is 8.00. The number of nitrogens with zero attached hydrogens (tertiary/aromatic N) is 1. The minimum atomic E-state index is -4.39. The van der Waals surface area contributed by atoms with Gasteiger partial charge in [0.25, 0.3) is 5.91 Å². The average molecular weight is 412 g/mol. The number of rotatable bonds is 7. The third kappa shape index (κ3) is 6.49. The smallest absolute Gasteiger partial charge is 0.446 e. The van der Waals surface area contributed by atoms with Crippen molar-refractivity contribution in [3.63, 3.8) is 0 Å². The first-order chi connectivity index (χ1) is 13.2. The zero-order valence-corrected chi connectivity index (χ0v) is 16.1. The fourth-order valence-electron chi connectivity index (χ4n) is 2.36. The fraction of sp³-hybridized carbons (Fsp3) is 0.263. The van der Waals surface area contributed by atoms with Crippen molar-refractivity contribution >= 4 is 29.3 Å². The van der Waals surface area contributed by atoms with Crippen LogP contribution in [0.25, 0.3) is 0 Å². The first-order valence-electron chi connectivity index (χ1n) is 8.31. The third-order valence-electron chi connectivity index (χ3n) is 3.71. The number of methoxy groups -OCH3 is 1. The van der Waals surface area contributed by atoms with E-state index >= 15 is 0 Å². The SMILES string of the molecule is CCN(CC(=O)Nc1ccc(OC)cc1)C(=O)c1ccc(SC(F)(F)F)cc1. The second-order valence-corrected chi connectivity index (χ2v) is 6.81. The van der Waals surface area contributed by atoms with Crippen LogP contribution in [0.1, 0.15) is 17.3 Å². The molecule has 2 amide bonds. The Morgan fingerprint density at radius 3 is 2.18 bits per heavy atom. The molecule has 5 nitrogen and oxygen atoms in total. The number of hydrogen-bond donors (Lipinski definition) is 1. The van der Waals surface area contributed by atoms with Crippen molar-refractivity contribution in [2.45, 2.75) is 17.3 Å². The number of benzene rings is 2. The maximum atomic E-state index is 12.5. The maximum Gasteiger partial charge on any atom is 0.446 e. The normalized spacial score (nSPS) is 11.0. The number of anilines is 1. The van der Waals surface area contributed by atoms with Gasteiger partial charge in [0.1, 0.15) is 12.3 Å². The van der Waals surface area contributed by atoms with E-state index in [9.17, 15) is 22.8 Å². The van der Waals surface area contributed by atoms with E-state index in [1.165, 1.54) is 36.3 Å². The van der Waals surface area contributed by atoms with Crippen LogP contribution in [0.5, 0.6) is 5.75 Å². The Hall–Kier alpha value is -2.68. The minimum absolute atomic E-state index is 0.00986. The van der Waals surface area contributed by atoms with Gasteiger partial charge in [-0.1, -0.05) is 0 Å². The molecule has 0 aliphatic rings. The van der Waals surface area contributed by atoms with E-state index in [2.05, 4.69) is 5.32 Å². The quantitative estimate of drug-likeness (QED) is 0.685. The Balaban J connectivity index is 1.99. The molecule has 1 N–H and O–H groups in total. The van der Waals surface area contributed by atoms with Gasteiger partial charge in [0.05, 0.1) is 7.11 Å². The molecule has 0 fully saturated rings. The van der Waals surface area contributed by atoms with E-state index in [0.717, 1.165) is 0 Å². The Kier molecular flexibility index (Phi) is 7.33. The molecule has 150 valence electrons. The Morgan fingerprint density at radius 2 is 1.68 bits per heavy atom. The van der Waals surface area contributed by atoms with Crippen molar-refractivity contribution in [3.05, 3.63) is 54.1 Å². The molecular formula is C19H19F3N2O3S. The van der Waals surface area contributed by atoms with Gasteiger partial charge < -0.3 is 15.0 Å². The molecule has 2 rings (SSSR count). The van der Waals surface area contributed by atoms with Crippen molar-refractivity contribution in [3.8, 4) is 5.75 Å². The van der Waals surface area contributed by atoms with E-state index in [4.69, 9.17) is 4.74 Å². The van der Waals surface area contributed by atoms with Gasteiger partial charge in [0.2, 0.25) is 5.91 Å². The molecule has 0 atom stereocenters. The first-order valence-corrected chi connectivity index (χ1v) is 9.12. The van der Waals surface area contributed by atoms with Gasteiger partial charge in [-0.05, 0) is 67.2 Å². The van der Waals surface area contributed by atoms with E-state index in [0.29, 0.717) is 11.4 Å². The van der Waals surface area contributed by atoms with Crippen LogP contribution in [0.3, 0.4) is 0 Å². The van der Waals surface area contributed by atoms with Crippen molar-refractivity contribution in [2.24, 2.45) is 0 Å². The summed E-state index contributed by atoms with van der Waals surface area (Å²) in [5.41, 5.74) is -3.62. The largest absolute Gasteiger partial charge is 0.497 e. The predicted molar refractivity (Wildman–Crippen MR) is 102 cm³/mol. The Bertz CT molecular complexity index is 809. The van der Waals surface area contributed by atoms with Crippen molar-refractivity contribution in [1.29, 1.82) is 0 Å². The lowest BCUT2D eigenvalue weighted by Crippen LogP contribution is -2.37. The second-order valence-electron chi connectivity index (χ2n) is 5.67. The lowest BCUT2D eigenvalue weighted by molar-refractivity contribution is -0.116. The van der Waals surface area contributed by atoms with Crippen LogP contribution in [0, 0.1) is 0 Å². The summed E-state index contributed by atoms with van der Waals surface area (Å²) in [7, 11) is 1.53. The molecule has 0 aromatic heterocycles. The Morgan fingerprint density at radius 1 is 1.07 bits per heavy atom. The lowest BCUT2D eigenvalue weighted by atomic mass is 10.2. The zero-order chi connectivity index (χ0) is 20.7. The topological polar surface area (TPSA) is 58.6 Å². The van der Waals surface area contributed by atoms with Crippen LogP contribution in [-0.4, -0.2) is 42.4 Å². The molecular weight excluding hydrogens is 393 g/mol. The number of likely N-dealkylation sites (N-methyl/N-ethyl adjacent to an activating group) is 1. The molecule has 0 saturated carbocycles. The number of amides is 2. The highest BCUT2D eigenvalue weighted by Crippen LogP contribution is 2.36. The van der Waals surface area contributed by atoms with Gasteiger partial charge in [-0.15, -0.1) is 0 Å². The summed E-state index contributed by atoms with van der Waals surface area (Å²) in [6, 6.07) is 11.8. The molecule has 0 unspecified atom stereocenters. The number of alkyl halides is 3. The van der Waals surface area contributed by atoms with Crippen LogP contribution in [0.4, 0.5) is 18.9 Å². The standard InChI is InChI=1S/C19H19F3N2O3S/c1-3-24(12-17(25)23-14-6-8-15(27-2)9-7-14)18(26)13-4-10-16(11-5-13)28-19(20,21)22/h4-11H,3,12H2,1-2H3,(H,23,25). The van der Waals surface area contributed by atoms with Crippen LogP contribution in [-0.2, 0) is 4.79 Å². The average Bonchev–Trinajstić information content (AvgIpc) is 2.65. The van der Waals surface area contributed by atoms with E-state index in [1.54, 1.807) is 31.2 Å². The summed E-state index contributed by atoms with van der Waals surface area (Å²) in [6.45, 7) is 1.81. The van der Waals surface area contributed by atoms with Gasteiger partial charge in [-0.2, -0.15) is 13.2 Å².